The van der Waals surface area contributed by atoms with Crippen molar-refractivity contribution in [1.82, 2.24) is 9.55 Å². The first kappa shape index (κ1) is 9.39. The Balaban J connectivity index is 2.37. The summed E-state index contributed by atoms with van der Waals surface area (Å²) < 4.78 is 1.53. The summed E-state index contributed by atoms with van der Waals surface area (Å²) in [5, 5.41) is 0. The van der Waals surface area contributed by atoms with Crippen LogP contribution in [-0.2, 0) is 6.54 Å². The molecule has 0 amide bonds. The van der Waals surface area contributed by atoms with Crippen LogP contribution in [-0.4, -0.2) is 9.55 Å². The predicted molar refractivity (Wildman–Crippen MR) is 59.4 cm³/mol. The van der Waals surface area contributed by atoms with Crippen LogP contribution >= 0.6 is 0 Å². The maximum atomic E-state index is 11.3. The molecule has 1 aromatic heterocycles. The van der Waals surface area contributed by atoms with E-state index >= 15 is 0 Å². The van der Waals surface area contributed by atoms with Crippen molar-refractivity contribution in [3.63, 3.8) is 0 Å². The Hall–Kier alpha value is -2.17. The Morgan fingerprint density at radius 1 is 1.33 bits per heavy atom. The molecule has 2 aromatic rings. The van der Waals surface area contributed by atoms with E-state index in [9.17, 15) is 4.79 Å². The van der Waals surface area contributed by atoms with Crippen molar-refractivity contribution >= 4 is 11.4 Å². The summed E-state index contributed by atoms with van der Waals surface area (Å²) in [6, 6.07) is 5.41. The zero-order valence-electron chi connectivity index (χ0n) is 8.10. The number of nitrogens with two attached hydrogens (primary N) is 2. The molecule has 0 aliphatic rings. The zero-order chi connectivity index (χ0) is 10.8. The van der Waals surface area contributed by atoms with Crippen LogP contribution in [0, 0.1) is 0 Å². The van der Waals surface area contributed by atoms with Gasteiger partial charge in [-0.1, -0.05) is 12.1 Å². The lowest BCUT2D eigenvalue weighted by Crippen LogP contribution is -2.17. The molecule has 5 N–H and O–H groups in total. The summed E-state index contributed by atoms with van der Waals surface area (Å²) in [6.45, 7) is 0.430. The van der Waals surface area contributed by atoms with E-state index < -0.39 is 0 Å². The number of hydrogen-bond donors (Lipinski definition) is 3. The fourth-order valence-electron chi connectivity index (χ4n) is 1.43. The highest BCUT2D eigenvalue weighted by Crippen LogP contribution is 2.19. The van der Waals surface area contributed by atoms with Gasteiger partial charge in [-0.05, 0) is 11.6 Å². The molecule has 0 spiro atoms. The summed E-state index contributed by atoms with van der Waals surface area (Å²) in [5.41, 5.74) is 13.2. The lowest BCUT2D eigenvalue weighted by Gasteiger charge is -2.07. The fourth-order valence-corrected chi connectivity index (χ4v) is 1.43. The molecule has 2 rings (SSSR count). The van der Waals surface area contributed by atoms with E-state index in [0.717, 1.165) is 5.56 Å². The maximum absolute atomic E-state index is 11.3. The third-order valence-electron chi connectivity index (χ3n) is 2.29. The lowest BCUT2D eigenvalue weighted by molar-refractivity contribution is 0.764. The van der Waals surface area contributed by atoms with Gasteiger partial charge >= 0.3 is 5.69 Å². The van der Waals surface area contributed by atoms with Crippen molar-refractivity contribution in [2.45, 2.75) is 6.54 Å². The molecular formula is C10H12N4O. The van der Waals surface area contributed by atoms with Crippen molar-refractivity contribution in [2.24, 2.45) is 0 Å². The minimum atomic E-state index is -0.156. The summed E-state index contributed by atoms with van der Waals surface area (Å²) >= 11 is 0. The first-order chi connectivity index (χ1) is 7.18. The maximum Gasteiger partial charge on any atom is 0.325 e. The fraction of sp³-hybridized carbons (Fsp3) is 0.100. The molecule has 0 radical (unpaired) electrons. The van der Waals surface area contributed by atoms with Gasteiger partial charge in [0.05, 0.1) is 17.9 Å². The Labute approximate surface area is 86.3 Å². The number of aromatic amines is 1. The zero-order valence-corrected chi connectivity index (χ0v) is 8.10. The molecule has 0 unspecified atom stereocenters. The molecule has 5 heteroatoms. The molecule has 15 heavy (non-hydrogen) atoms. The summed E-state index contributed by atoms with van der Waals surface area (Å²) in [6.07, 6.45) is 3.26. The van der Waals surface area contributed by atoms with E-state index in [4.69, 9.17) is 11.5 Å². The second-order valence-corrected chi connectivity index (χ2v) is 3.31. The second kappa shape index (κ2) is 3.53. The van der Waals surface area contributed by atoms with Crippen LogP contribution in [0.25, 0.3) is 0 Å². The predicted octanol–water partition coefficient (Wildman–Crippen LogP) is 0.389. The normalized spacial score (nSPS) is 10.4. The van der Waals surface area contributed by atoms with Crippen LogP contribution in [0.3, 0.4) is 0 Å². The summed E-state index contributed by atoms with van der Waals surface area (Å²) in [7, 11) is 0. The molecule has 1 aromatic carbocycles. The second-order valence-electron chi connectivity index (χ2n) is 3.31. The van der Waals surface area contributed by atoms with Crippen LogP contribution in [0.1, 0.15) is 5.56 Å². The van der Waals surface area contributed by atoms with E-state index in [0.29, 0.717) is 17.9 Å². The molecular weight excluding hydrogens is 192 g/mol. The molecule has 78 valence electrons. The number of benzene rings is 1. The molecule has 0 fully saturated rings. The molecule has 5 nitrogen and oxygen atoms in total. The van der Waals surface area contributed by atoms with Crippen LogP contribution in [0.2, 0.25) is 0 Å². The van der Waals surface area contributed by atoms with Gasteiger partial charge in [-0.25, -0.2) is 4.79 Å². The lowest BCUT2D eigenvalue weighted by atomic mass is 10.1. The Morgan fingerprint density at radius 2 is 2.13 bits per heavy atom. The third-order valence-corrected chi connectivity index (χ3v) is 2.29. The van der Waals surface area contributed by atoms with Gasteiger partial charge in [0.1, 0.15) is 0 Å². The topological polar surface area (TPSA) is 89.8 Å². The number of H-pyrrole nitrogens is 1. The number of anilines is 2. The van der Waals surface area contributed by atoms with E-state index in [2.05, 4.69) is 4.98 Å². The van der Waals surface area contributed by atoms with E-state index in [-0.39, 0.29) is 5.69 Å². The molecule has 0 aliphatic carbocycles. The average molecular weight is 204 g/mol. The van der Waals surface area contributed by atoms with Gasteiger partial charge in [0.25, 0.3) is 0 Å². The SMILES string of the molecule is Nc1cccc(Cn2cc[nH]c2=O)c1N. The Bertz CT molecular complexity index is 526. The number of rotatable bonds is 2. The van der Waals surface area contributed by atoms with Crippen LogP contribution in [0.15, 0.2) is 35.4 Å². The molecule has 0 atom stereocenters. The highest BCUT2D eigenvalue weighted by Gasteiger charge is 2.04. The first-order valence-corrected chi connectivity index (χ1v) is 4.55. The minimum Gasteiger partial charge on any atom is -0.397 e. The van der Waals surface area contributed by atoms with Gasteiger partial charge in [-0.2, -0.15) is 0 Å². The molecule has 0 saturated heterocycles. The van der Waals surface area contributed by atoms with Gasteiger partial charge in [0.2, 0.25) is 0 Å². The monoisotopic (exact) mass is 204 g/mol. The quantitative estimate of drug-likeness (QED) is 0.618. The standard InChI is InChI=1S/C10H12N4O/c11-8-3-1-2-7(9(8)12)6-14-5-4-13-10(14)15/h1-5H,6,11-12H2,(H,13,15). The smallest absolute Gasteiger partial charge is 0.325 e. The molecule has 0 saturated carbocycles. The van der Waals surface area contributed by atoms with E-state index in [1.807, 2.05) is 12.1 Å². The Morgan fingerprint density at radius 3 is 2.80 bits per heavy atom. The van der Waals surface area contributed by atoms with Gasteiger partial charge < -0.3 is 16.5 Å². The van der Waals surface area contributed by atoms with E-state index in [1.165, 1.54) is 4.57 Å². The van der Waals surface area contributed by atoms with Gasteiger partial charge in [0.15, 0.2) is 0 Å². The van der Waals surface area contributed by atoms with Crippen LogP contribution < -0.4 is 17.2 Å². The average Bonchev–Trinajstić information content (AvgIpc) is 2.60. The summed E-state index contributed by atoms with van der Waals surface area (Å²) in [5.74, 6) is 0. The summed E-state index contributed by atoms with van der Waals surface area (Å²) in [4.78, 5) is 13.8. The first-order valence-electron chi connectivity index (χ1n) is 4.55. The molecule has 0 aliphatic heterocycles. The third kappa shape index (κ3) is 1.71. The van der Waals surface area contributed by atoms with Crippen molar-refractivity contribution in [3.05, 3.63) is 46.6 Å². The van der Waals surface area contributed by atoms with Crippen LogP contribution in [0.4, 0.5) is 11.4 Å². The largest absolute Gasteiger partial charge is 0.397 e. The van der Waals surface area contributed by atoms with Gasteiger partial charge in [-0.15, -0.1) is 0 Å². The number of nitrogens with zero attached hydrogens (tertiary/aromatic N) is 1. The molecule has 0 bridgehead atoms. The number of para-hydroxylation sites is 1. The molecule has 1 heterocycles. The number of imidazole rings is 1. The Kier molecular flexibility index (Phi) is 2.21. The number of nitrogens with one attached hydrogen (secondary N) is 1. The number of aromatic nitrogens is 2. The van der Waals surface area contributed by atoms with Crippen molar-refractivity contribution in [2.75, 3.05) is 11.5 Å². The van der Waals surface area contributed by atoms with Gasteiger partial charge in [0, 0.05) is 12.4 Å². The van der Waals surface area contributed by atoms with Crippen molar-refractivity contribution in [3.8, 4) is 0 Å². The van der Waals surface area contributed by atoms with Gasteiger partial charge in [-0.3, -0.25) is 4.57 Å². The van der Waals surface area contributed by atoms with E-state index in [1.54, 1.807) is 18.5 Å². The highest BCUT2D eigenvalue weighted by molar-refractivity contribution is 5.67. The van der Waals surface area contributed by atoms with Crippen LogP contribution in [0.5, 0.6) is 0 Å². The van der Waals surface area contributed by atoms with Crippen molar-refractivity contribution < 1.29 is 0 Å². The number of nitrogen functional groups attached to an aromatic ring is 2. The number of hydrogen-bond acceptors (Lipinski definition) is 3. The minimum absolute atomic E-state index is 0.156. The van der Waals surface area contributed by atoms with Crippen molar-refractivity contribution in [1.29, 1.82) is 0 Å². The highest BCUT2D eigenvalue weighted by atomic mass is 16.1.